The molecule has 1 aliphatic carbocycles. The zero-order chi connectivity index (χ0) is 13.2. The number of aromatic nitrogens is 2. The number of halogens is 1. The first-order chi connectivity index (χ1) is 8.56. The van der Waals surface area contributed by atoms with Crippen molar-refractivity contribution in [1.29, 1.82) is 0 Å². The fourth-order valence-electron chi connectivity index (χ4n) is 1.62. The number of esters is 1. The number of methoxy groups -OCH3 is 1. The molecule has 1 heterocycles. The Hall–Kier alpha value is -0.570. The molecule has 0 unspecified atom stereocenters. The van der Waals surface area contributed by atoms with Crippen molar-refractivity contribution in [3.05, 3.63) is 20.3 Å². The Labute approximate surface area is 122 Å². The van der Waals surface area contributed by atoms with Gasteiger partial charge in [0.1, 0.15) is 8.60 Å². The predicted octanol–water partition coefficient (Wildman–Crippen LogP) is 1.81. The van der Waals surface area contributed by atoms with Crippen molar-refractivity contribution >= 4 is 40.3 Å². The zero-order valence-electron chi connectivity index (χ0n) is 9.86. The van der Waals surface area contributed by atoms with Crippen molar-refractivity contribution in [2.24, 2.45) is 5.41 Å². The fourth-order valence-corrected chi connectivity index (χ4v) is 3.56. The van der Waals surface area contributed by atoms with E-state index in [1.165, 1.54) is 25.2 Å². The normalized spacial score (nSPS) is 16.3. The van der Waals surface area contributed by atoms with Crippen LogP contribution in [0.4, 0.5) is 0 Å². The minimum Gasteiger partial charge on any atom is -0.469 e. The van der Waals surface area contributed by atoms with Gasteiger partial charge in [-0.1, -0.05) is 0 Å². The Morgan fingerprint density at radius 2 is 2.39 bits per heavy atom. The van der Waals surface area contributed by atoms with Gasteiger partial charge in [0.15, 0.2) is 0 Å². The molecule has 0 amide bonds. The van der Waals surface area contributed by atoms with Crippen molar-refractivity contribution in [2.45, 2.75) is 24.3 Å². The number of carbonyl (C=O) groups excluding carboxylic acids is 1. The lowest BCUT2D eigenvalue weighted by Gasteiger charge is -2.12. The van der Waals surface area contributed by atoms with Gasteiger partial charge in [0.2, 0.25) is 0 Å². The quantitative estimate of drug-likeness (QED) is 0.365. The molecule has 1 aromatic rings. The Morgan fingerprint density at radius 1 is 1.67 bits per heavy atom. The van der Waals surface area contributed by atoms with E-state index in [9.17, 15) is 9.59 Å². The van der Waals surface area contributed by atoms with Crippen LogP contribution in [0.5, 0.6) is 0 Å². The van der Waals surface area contributed by atoms with Crippen LogP contribution in [0.25, 0.3) is 0 Å². The lowest BCUT2D eigenvalue weighted by Crippen LogP contribution is -2.15. The van der Waals surface area contributed by atoms with E-state index in [1.807, 2.05) is 22.6 Å². The lowest BCUT2D eigenvalue weighted by molar-refractivity contribution is -0.141. The monoisotopic (exact) mass is 380 g/mol. The predicted molar refractivity (Wildman–Crippen MR) is 76.6 cm³/mol. The van der Waals surface area contributed by atoms with E-state index in [0.29, 0.717) is 9.99 Å². The second kappa shape index (κ2) is 5.60. The van der Waals surface area contributed by atoms with Crippen LogP contribution in [0.2, 0.25) is 0 Å². The highest BCUT2D eigenvalue weighted by molar-refractivity contribution is 14.1. The summed E-state index contributed by atoms with van der Waals surface area (Å²) in [6, 6.07) is 0. The van der Waals surface area contributed by atoms with Crippen molar-refractivity contribution < 1.29 is 9.53 Å². The van der Waals surface area contributed by atoms with Crippen molar-refractivity contribution in [2.75, 3.05) is 12.9 Å². The first kappa shape index (κ1) is 13.9. The number of hydrogen-bond donors (Lipinski definition) is 1. The Bertz CT molecular complexity index is 513. The summed E-state index contributed by atoms with van der Waals surface area (Å²) in [5.41, 5.74) is -0.0728. The van der Waals surface area contributed by atoms with Gasteiger partial charge in [-0.25, -0.2) is 4.98 Å². The van der Waals surface area contributed by atoms with Crippen LogP contribution in [0.15, 0.2) is 16.1 Å². The van der Waals surface area contributed by atoms with Crippen LogP contribution in [-0.2, 0) is 9.53 Å². The third-order valence-corrected chi connectivity index (χ3v) is 5.69. The summed E-state index contributed by atoms with van der Waals surface area (Å²) < 4.78 is 5.31. The van der Waals surface area contributed by atoms with Gasteiger partial charge in [0, 0.05) is 5.75 Å². The molecule has 1 aromatic heterocycles. The molecule has 0 aliphatic heterocycles. The number of H-pyrrole nitrogens is 1. The number of nitrogens with one attached hydrogen (secondary N) is 1. The second-order valence-corrected chi connectivity index (χ2v) is 6.44. The summed E-state index contributed by atoms with van der Waals surface area (Å²) >= 11 is 3.53. The molecular weight excluding hydrogens is 367 g/mol. The highest BCUT2D eigenvalue weighted by Gasteiger charge is 2.44. The molecule has 0 atom stereocenters. The van der Waals surface area contributed by atoms with Crippen molar-refractivity contribution in [3.63, 3.8) is 0 Å². The SMILES string of the molecule is COC(=O)CC1(CSc2nc[nH]c(=O)c2I)CC1. The molecular formula is C11H13IN2O3S. The summed E-state index contributed by atoms with van der Waals surface area (Å²) in [6.45, 7) is 0. The largest absolute Gasteiger partial charge is 0.469 e. The summed E-state index contributed by atoms with van der Waals surface area (Å²) in [7, 11) is 1.41. The van der Waals surface area contributed by atoms with Gasteiger partial charge < -0.3 is 9.72 Å². The molecule has 98 valence electrons. The second-order valence-electron chi connectivity index (χ2n) is 4.39. The molecule has 1 aliphatic rings. The van der Waals surface area contributed by atoms with Crippen LogP contribution in [0, 0.1) is 8.99 Å². The van der Waals surface area contributed by atoms with E-state index in [4.69, 9.17) is 4.74 Å². The number of nitrogens with zero attached hydrogens (tertiary/aromatic N) is 1. The van der Waals surface area contributed by atoms with E-state index >= 15 is 0 Å². The molecule has 1 saturated carbocycles. The van der Waals surface area contributed by atoms with Gasteiger partial charge in [-0.2, -0.15) is 0 Å². The molecule has 0 bridgehead atoms. The Morgan fingerprint density at radius 3 is 3.00 bits per heavy atom. The topological polar surface area (TPSA) is 72.0 Å². The van der Waals surface area contributed by atoms with E-state index < -0.39 is 0 Å². The van der Waals surface area contributed by atoms with E-state index in [0.717, 1.165) is 23.6 Å². The van der Waals surface area contributed by atoms with Gasteiger partial charge in [-0.15, -0.1) is 11.8 Å². The molecule has 1 N–H and O–H groups in total. The van der Waals surface area contributed by atoms with Crippen molar-refractivity contribution in [3.8, 4) is 0 Å². The highest BCUT2D eigenvalue weighted by Crippen LogP contribution is 2.52. The number of carbonyl (C=O) groups is 1. The Kier molecular flexibility index (Phi) is 4.31. The smallest absolute Gasteiger partial charge is 0.306 e. The maximum absolute atomic E-state index is 11.4. The Balaban J connectivity index is 1.98. The fraction of sp³-hybridized carbons (Fsp3) is 0.545. The van der Waals surface area contributed by atoms with E-state index in [1.54, 1.807) is 0 Å². The third kappa shape index (κ3) is 3.25. The number of ether oxygens (including phenoxy) is 1. The molecule has 0 aromatic carbocycles. The number of hydrogen-bond acceptors (Lipinski definition) is 5. The molecule has 0 saturated heterocycles. The zero-order valence-corrected chi connectivity index (χ0v) is 12.8. The van der Waals surface area contributed by atoms with Gasteiger partial charge in [0.25, 0.3) is 5.56 Å². The first-order valence-electron chi connectivity index (χ1n) is 5.49. The van der Waals surface area contributed by atoms with Gasteiger partial charge >= 0.3 is 5.97 Å². The average Bonchev–Trinajstić information content (AvgIpc) is 3.11. The molecule has 2 rings (SSSR count). The number of aromatic amines is 1. The van der Waals surface area contributed by atoms with Crippen LogP contribution >= 0.6 is 34.4 Å². The van der Waals surface area contributed by atoms with Gasteiger partial charge in [0.05, 0.1) is 19.9 Å². The molecule has 1 fully saturated rings. The minimum atomic E-state index is -0.165. The van der Waals surface area contributed by atoms with Gasteiger partial charge in [-0.05, 0) is 40.8 Å². The lowest BCUT2D eigenvalue weighted by atomic mass is 10.1. The third-order valence-electron chi connectivity index (χ3n) is 2.98. The molecule has 18 heavy (non-hydrogen) atoms. The molecule has 5 nitrogen and oxygen atoms in total. The molecule has 0 radical (unpaired) electrons. The summed E-state index contributed by atoms with van der Waals surface area (Å²) in [5.74, 6) is 0.635. The number of rotatable bonds is 5. The molecule has 7 heteroatoms. The van der Waals surface area contributed by atoms with Gasteiger partial charge in [-0.3, -0.25) is 9.59 Å². The summed E-state index contributed by atoms with van der Waals surface area (Å²) in [6.07, 6.45) is 3.94. The van der Waals surface area contributed by atoms with E-state index in [-0.39, 0.29) is 16.9 Å². The maximum Gasteiger partial charge on any atom is 0.306 e. The maximum atomic E-state index is 11.4. The van der Waals surface area contributed by atoms with Crippen LogP contribution in [-0.4, -0.2) is 28.8 Å². The van der Waals surface area contributed by atoms with E-state index in [2.05, 4.69) is 9.97 Å². The van der Waals surface area contributed by atoms with Crippen molar-refractivity contribution in [1.82, 2.24) is 9.97 Å². The summed E-state index contributed by atoms with van der Waals surface area (Å²) in [4.78, 5) is 29.4. The van der Waals surface area contributed by atoms with Crippen LogP contribution in [0.1, 0.15) is 19.3 Å². The number of thioether (sulfide) groups is 1. The first-order valence-corrected chi connectivity index (χ1v) is 7.55. The highest BCUT2D eigenvalue weighted by atomic mass is 127. The summed E-state index contributed by atoms with van der Waals surface area (Å²) in [5, 5.41) is 0.732. The van der Waals surface area contributed by atoms with Crippen LogP contribution < -0.4 is 5.56 Å². The minimum absolute atomic E-state index is 0.0467. The molecule has 0 spiro atoms. The standard InChI is InChI=1S/C11H13IN2O3S/c1-17-7(15)4-11(2-3-11)5-18-10-8(12)9(16)13-6-14-10/h6H,2-5H2,1H3,(H,13,14,16). The van der Waals surface area contributed by atoms with Crippen LogP contribution in [0.3, 0.4) is 0 Å². The average molecular weight is 380 g/mol.